The van der Waals surface area contributed by atoms with Crippen LogP contribution in [-0.2, 0) is 26.4 Å². The normalized spacial score (nSPS) is 18.9. The summed E-state index contributed by atoms with van der Waals surface area (Å²) in [6, 6.07) is 0. The quantitative estimate of drug-likeness (QED) is 0.799. The second kappa shape index (κ2) is 3.63. The van der Waals surface area contributed by atoms with Crippen LogP contribution in [0.4, 0.5) is 0 Å². The molecular weight excluding hydrogens is 186 g/mol. The van der Waals surface area contributed by atoms with E-state index in [0.29, 0.717) is 5.41 Å². The molecule has 0 atom stereocenters. The van der Waals surface area contributed by atoms with Gasteiger partial charge in [0.15, 0.2) is 0 Å². The molecule has 0 unspecified atom stereocenters. The minimum atomic E-state index is 0.442. The summed E-state index contributed by atoms with van der Waals surface area (Å²) < 4.78 is 2.07. The molecule has 0 aromatic carbocycles. The van der Waals surface area contributed by atoms with Gasteiger partial charge < -0.3 is 5.32 Å². The third kappa shape index (κ3) is 1.93. The number of fused-ring (bicyclic) bond motifs is 1. The maximum Gasteiger partial charge on any atom is 0.0797 e. The van der Waals surface area contributed by atoms with E-state index in [2.05, 4.69) is 36.0 Å². The summed E-state index contributed by atoms with van der Waals surface area (Å²) >= 11 is 0. The average Bonchev–Trinajstić information content (AvgIpc) is 2.42. The summed E-state index contributed by atoms with van der Waals surface area (Å²) in [5.41, 5.74) is 4.62. The summed E-state index contributed by atoms with van der Waals surface area (Å²) in [4.78, 5) is 0. The van der Waals surface area contributed by atoms with Gasteiger partial charge in [0.1, 0.15) is 0 Å². The van der Waals surface area contributed by atoms with Gasteiger partial charge in [-0.15, -0.1) is 0 Å². The monoisotopic (exact) mass is 207 g/mol. The number of hydrogen-bond donors (Lipinski definition) is 1. The topological polar surface area (TPSA) is 29.9 Å². The van der Waals surface area contributed by atoms with Gasteiger partial charge in [-0.05, 0) is 37.3 Å². The van der Waals surface area contributed by atoms with Crippen LogP contribution in [0, 0.1) is 5.41 Å². The van der Waals surface area contributed by atoms with Gasteiger partial charge in [-0.3, -0.25) is 4.68 Å². The molecule has 0 aliphatic heterocycles. The molecule has 1 aliphatic carbocycles. The lowest BCUT2D eigenvalue weighted by Gasteiger charge is -2.29. The Kier molecular flexibility index (Phi) is 2.59. The van der Waals surface area contributed by atoms with E-state index in [0.717, 1.165) is 13.0 Å². The highest BCUT2D eigenvalue weighted by molar-refractivity contribution is 5.30. The molecule has 1 heterocycles. The van der Waals surface area contributed by atoms with E-state index in [9.17, 15) is 0 Å². The highest BCUT2D eigenvalue weighted by Gasteiger charge is 2.29. The molecule has 1 aromatic rings. The number of hydrogen-bond acceptors (Lipinski definition) is 2. The molecule has 0 amide bonds. The molecule has 1 aromatic heterocycles. The Balaban J connectivity index is 2.35. The first-order valence-corrected chi connectivity index (χ1v) is 5.72. The van der Waals surface area contributed by atoms with Gasteiger partial charge in [-0.1, -0.05) is 13.8 Å². The molecule has 15 heavy (non-hydrogen) atoms. The molecule has 0 bridgehead atoms. The summed E-state index contributed by atoms with van der Waals surface area (Å²) in [5.74, 6) is 0. The van der Waals surface area contributed by atoms with Crippen LogP contribution in [0.3, 0.4) is 0 Å². The number of nitrogens with zero attached hydrogens (tertiary/aromatic N) is 2. The lowest BCUT2D eigenvalue weighted by molar-refractivity contribution is 0.306. The van der Waals surface area contributed by atoms with Crippen LogP contribution >= 0.6 is 0 Å². The van der Waals surface area contributed by atoms with Crippen LogP contribution in [-0.4, -0.2) is 16.8 Å². The average molecular weight is 207 g/mol. The number of aromatic nitrogens is 2. The number of rotatable bonds is 2. The second-order valence-electron chi connectivity index (χ2n) is 5.37. The molecule has 84 valence electrons. The summed E-state index contributed by atoms with van der Waals surface area (Å²) in [5, 5.41) is 7.79. The molecule has 3 heteroatoms. The predicted molar refractivity (Wildman–Crippen MR) is 61.8 cm³/mol. The van der Waals surface area contributed by atoms with E-state index < -0.39 is 0 Å². The van der Waals surface area contributed by atoms with Crippen LogP contribution in [0.1, 0.15) is 37.2 Å². The SMILES string of the molecule is CNCc1nn(C)c2c1CCC(C)(C)C2. The van der Waals surface area contributed by atoms with Crippen molar-refractivity contribution in [2.75, 3.05) is 7.05 Å². The molecule has 0 saturated heterocycles. The van der Waals surface area contributed by atoms with Gasteiger partial charge in [0, 0.05) is 19.3 Å². The zero-order chi connectivity index (χ0) is 11.1. The predicted octanol–water partition coefficient (Wildman–Crippen LogP) is 1.65. The first-order chi connectivity index (χ1) is 7.03. The van der Waals surface area contributed by atoms with Gasteiger partial charge >= 0.3 is 0 Å². The van der Waals surface area contributed by atoms with Crippen LogP contribution in [0.2, 0.25) is 0 Å². The molecule has 0 radical (unpaired) electrons. The van der Waals surface area contributed by atoms with Gasteiger partial charge in [-0.2, -0.15) is 5.10 Å². The molecule has 3 nitrogen and oxygen atoms in total. The Bertz CT molecular complexity index is 363. The molecule has 1 aliphatic rings. The van der Waals surface area contributed by atoms with Crippen molar-refractivity contribution in [3.8, 4) is 0 Å². The van der Waals surface area contributed by atoms with Crippen LogP contribution in [0.15, 0.2) is 0 Å². The Hall–Kier alpha value is -0.830. The van der Waals surface area contributed by atoms with E-state index in [4.69, 9.17) is 0 Å². The van der Waals surface area contributed by atoms with E-state index >= 15 is 0 Å². The number of aryl methyl sites for hydroxylation is 1. The Morgan fingerprint density at radius 3 is 2.87 bits per heavy atom. The first-order valence-electron chi connectivity index (χ1n) is 5.72. The van der Waals surface area contributed by atoms with Gasteiger partial charge in [0.25, 0.3) is 0 Å². The van der Waals surface area contributed by atoms with Crippen LogP contribution in [0.25, 0.3) is 0 Å². The van der Waals surface area contributed by atoms with E-state index in [-0.39, 0.29) is 0 Å². The Labute approximate surface area is 91.9 Å². The van der Waals surface area contributed by atoms with Crippen molar-refractivity contribution in [2.24, 2.45) is 12.5 Å². The van der Waals surface area contributed by atoms with Crippen LogP contribution < -0.4 is 5.32 Å². The Morgan fingerprint density at radius 2 is 2.20 bits per heavy atom. The lowest BCUT2D eigenvalue weighted by atomic mass is 9.76. The molecular formula is C12H21N3. The zero-order valence-corrected chi connectivity index (χ0v) is 10.2. The minimum absolute atomic E-state index is 0.442. The smallest absolute Gasteiger partial charge is 0.0797 e. The maximum absolute atomic E-state index is 4.60. The maximum atomic E-state index is 4.60. The molecule has 0 fully saturated rings. The lowest BCUT2D eigenvalue weighted by Crippen LogP contribution is -2.23. The van der Waals surface area contributed by atoms with Crippen molar-refractivity contribution >= 4 is 0 Å². The van der Waals surface area contributed by atoms with Gasteiger partial charge in [0.05, 0.1) is 5.69 Å². The van der Waals surface area contributed by atoms with Crippen molar-refractivity contribution in [1.29, 1.82) is 0 Å². The summed E-state index contributed by atoms with van der Waals surface area (Å²) in [6.07, 6.45) is 3.63. The summed E-state index contributed by atoms with van der Waals surface area (Å²) in [7, 11) is 4.05. The summed E-state index contributed by atoms with van der Waals surface area (Å²) in [6.45, 7) is 5.59. The van der Waals surface area contributed by atoms with Crippen molar-refractivity contribution in [2.45, 2.75) is 39.7 Å². The van der Waals surface area contributed by atoms with Gasteiger partial charge in [-0.25, -0.2) is 0 Å². The third-order valence-corrected chi connectivity index (χ3v) is 3.40. The highest BCUT2D eigenvalue weighted by atomic mass is 15.3. The van der Waals surface area contributed by atoms with E-state index in [1.807, 2.05) is 7.05 Å². The number of nitrogens with one attached hydrogen (secondary N) is 1. The minimum Gasteiger partial charge on any atom is -0.314 e. The standard InChI is InChI=1S/C12H21N3/c1-12(2)6-5-9-10(8-13-3)14-15(4)11(9)7-12/h13H,5-8H2,1-4H3. The van der Waals surface area contributed by atoms with E-state index in [1.165, 1.54) is 29.8 Å². The first kappa shape index (κ1) is 10.7. The van der Waals surface area contributed by atoms with Crippen molar-refractivity contribution in [1.82, 2.24) is 15.1 Å². The molecule has 0 spiro atoms. The second-order valence-corrected chi connectivity index (χ2v) is 5.37. The van der Waals surface area contributed by atoms with Crippen molar-refractivity contribution < 1.29 is 0 Å². The third-order valence-electron chi connectivity index (χ3n) is 3.40. The molecule has 0 saturated carbocycles. The highest BCUT2D eigenvalue weighted by Crippen LogP contribution is 2.35. The van der Waals surface area contributed by atoms with Crippen molar-refractivity contribution in [3.05, 3.63) is 17.0 Å². The zero-order valence-electron chi connectivity index (χ0n) is 10.2. The fourth-order valence-electron chi connectivity index (χ4n) is 2.49. The van der Waals surface area contributed by atoms with E-state index in [1.54, 1.807) is 0 Å². The fourth-order valence-corrected chi connectivity index (χ4v) is 2.49. The van der Waals surface area contributed by atoms with Crippen LogP contribution in [0.5, 0.6) is 0 Å². The largest absolute Gasteiger partial charge is 0.314 e. The fraction of sp³-hybridized carbons (Fsp3) is 0.750. The Morgan fingerprint density at radius 1 is 1.47 bits per heavy atom. The van der Waals surface area contributed by atoms with Gasteiger partial charge in [0.2, 0.25) is 0 Å². The molecule has 1 N–H and O–H groups in total. The van der Waals surface area contributed by atoms with Crippen molar-refractivity contribution in [3.63, 3.8) is 0 Å². The molecule has 2 rings (SSSR count).